The summed E-state index contributed by atoms with van der Waals surface area (Å²) in [5.41, 5.74) is 1.83. The predicted octanol–water partition coefficient (Wildman–Crippen LogP) is 6.37. The first kappa shape index (κ1) is 27.4. The Morgan fingerprint density at radius 3 is 2.21 bits per heavy atom. The summed E-state index contributed by atoms with van der Waals surface area (Å²) in [4.78, 5) is 55.0. The second kappa shape index (κ2) is 12.3. The molecule has 0 radical (unpaired) electrons. The molecule has 0 unspecified atom stereocenters. The molecule has 0 spiro atoms. The van der Waals surface area contributed by atoms with Crippen molar-refractivity contribution in [3.8, 4) is 0 Å². The fraction of sp³-hybridized carbons (Fsp3) is 0.133. The molecule has 0 aromatic heterocycles. The summed E-state index contributed by atoms with van der Waals surface area (Å²) in [6, 6.07) is 20.8. The molecule has 1 aliphatic rings. The number of benzene rings is 3. The second-order valence-electron chi connectivity index (χ2n) is 8.71. The molecule has 0 saturated carbocycles. The molecule has 9 heteroatoms. The van der Waals surface area contributed by atoms with E-state index in [-0.39, 0.29) is 28.3 Å². The molecule has 0 saturated heterocycles. The number of nitro groups is 1. The maximum Gasteiger partial charge on any atom is 0.332 e. The van der Waals surface area contributed by atoms with Crippen molar-refractivity contribution in [2.45, 2.75) is 31.6 Å². The minimum absolute atomic E-state index is 0.0414. The lowest BCUT2D eigenvalue weighted by atomic mass is 9.92. The minimum atomic E-state index is -0.712. The van der Waals surface area contributed by atoms with Crippen molar-refractivity contribution in [3.05, 3.63) is 128 Å². The largest absolute Gasteiger partial charge is 0.332 e. The Morgan fingerprint density at radius 2 is 1.59 bits per heavy atom. The van der Waals surface area contributed by atoms with E-state index in [1.807, 2.05) is 36.4 Å². The van der Waals surface area contributed by atoms with Crippen LogP contribution in [0.3, 0.4) is 0 Å². The molecule has 0 heterocycles. The highest BCUT2D eigenvalue weighted by atomic mass is 32.2. The first-order valence-electron chi connectivity index (χ1n) is 12.1. The number of oxime groups is 1. The first-order chi connectivity index (χ1) is 18.7. The zero-order valence-corrected chi connectivity index (χ0v) is 22.1. The monoisotopic (exact) mass is 540 g/mol. The van der Waals surface area contributed by atoms with Crippen LogP contribution in [-0.2, 0) is 14.4 Å². The van der Waals surface area contributed by atoms with E-state index in [9.17, 15) is 24.5 Å². The van der Waals surface area contributed by atoms with Gasteiger partial charge in [-0.2, -0.15) is 0 Å². The molecule has 1 aliphatic carbocycles. The van der Waals surface area contributed by atoms with Crippen LogP contribution >= 0.6 is 11.8 Å². The number of carbonyl (C=O) groups is 3. The van der Waals surface area contributed by atoms with Crippen molar-refractivity contribution in [2.75, 3.05) is 0 Å². The SMILES string of the molecule is CC(=O)O/N=C(/C(=O)C1=CC=C(Sc2ccc(C(=O)c3ccccc3)cc2)CC1)c1cccc([N+](=O)[O-])c1C. The molecule has 4 rings (SSSR count). The number of carbonyl (C=O) groups excluding carboxylic acids is 3. The van der Waals surface area contributed by atoms with Gasteiger partial charge in [0, 0.05) is 45.7 Å². The van der Waals surface area contributed by atoms with Gasteiger partial charge >= 0.3 is 5.97 Å². The number of nitrogens with zero attached hydrogens (tertiary/aromatic N) is 2. The predicted molar refractivity (Wildman–Crippen MR) is 149 cm³/mol. The number of rotatable bonds is 9. The van der Waals surface area contributed by atoms with Gasteiger partial charge in [0.1, 0.15) is 0 Å². The Bertz CT molecular complexity index is 1540. The Hall–Kier alpha value is -4.63. The van der Waals surface area contributed by atoms with Crippen LogP contribution in [0.1, 0.15) is 46.8 Å². The summed E-state index contributed by atoms with van der Waals surface area (Å²) in [6.07, 6.45) is 4.53. The van der Waals surface area contributed by atoms with E-state index in [1.54, 1.807) is 42.1 Å². The van der Waals surface area contributed by atoms with E-state index >= 15 is 0 Å². The van der Waals surface area contributed by atoms with Gasteiger partial charge in [-0.05, 0) is 48.9 Å². The zero-order chi connectivity index (χ0) is 27.9. The quantitative estimate of drug-likeness (QED) is 0.102. The lowest BCUT2D eigenvalue weighted by molar-refractivity contribution is -0.385. The number of ketones is 2. The number of hydrogen-bond acceptors (Lipinski definition) is 8. The van der Waals surface area contributed by atoms with Gasteiger partial charge in [-0.15, -0.1) is 0 Å². The van der Waals surface area contributed by atoms with E-state index in [4.69, 9.17) is 4.84 Å². The first-order valence-corrected chi connectivity index (χ1v) is 12.9. The van der Waals surface area contributed by atoms with Gasteiger partial charge in [0.05, 0.1) is 4.92 Å². The molecule has 3 aromatic rings. The zero-order valence-electron chi connectivity index (χ0n) is 21.2. The Kier molecular flexibility index (Phi) is 8.63. The number of allylic oxidation sites excluding steroid dienone is 4. The highest BCUT2D eigenvalue weighted by molar-refractivity contribution is 8.03. The lowest BCUT2D eigenvalue weighted by Gasteiger charge is -2.15. The van der Waals surface area contributed by atoms with E-state index < -0.39 is 16.7 Å². The number of hydrogen-bond donors (Lipinski definition) is 0. The molecular formula is C30H24N2O6S. The van der Waals surface area contributed by atoms with Crippen LogP contribution in [0, 0.1) is 17.0 Å². The molecule has 0 fully saturated rings. The summed E-state index contributed by atoms with van der Waals surface area (Å²) in [5.74, 6) is -1.22. The van der Waals surface area contributed by atoms with Crippen molar-refractivity contribution in [3.63, 3.8) is 0 Å². The molecule has 196 valence electrons. The number of nitro benzene ring substituents is 1. The van der Waals surface area contributed by atoms with Crippen LogP contribution in [0.15, 0.2) is 105 Å². The highest BCUT2D eigenvalue weighted by Gasteiger charge is 2.26. The van der Waals surface area contributed by atoms with Gasteiger partial charge < -0.3 is 4.84 Å². The summed E-state index contributed by atoms with van der Waals surface area (Å²) < 4.78 is 0. The molecule has 0 bridgehead atoms. The third-order valence-corrected chi connectivity index (χ3v) is 7.15. The smallest absolute Gasteiger partial charge is 0.318 e. The highest BCUT2D eigenvalue weighted by Crippen LogP contribution is 2.34. The van der Waals surface area contributed by atoms with E-state index in [2.05, 4.69) is 5.16 Å². The maximum absolute atomic E-state index is 13.4. The van der Waals surface area contributed by atoms with Gasteiger partial charge in [0.2, 0.25) is 5.78 Å². The van der Waals surface area contributed by atoms with Crippen LogP contribution in [0.2, 0.25) is 0 Å². The summed E-state index contributed by atoms with van der Waals surface area (Å²) in [7, 11) is 0. The summed E-state index contributed by atoms with van der Waals surface area (Å²) in [6.45, 7) is 2.68. The van der Waals surface area contributed by atoms with E-state index in [0.717, 1.165) is 16.7 Å². The molecule has 0 N–H and O–H groups in total. The van der Waals surface area contributed by atoms with E-state index in [0.29, 0.717) is 29.5 Å². The lowest BCUT2D eigenvalue weighted by Crippen LogP contribution is -2.21. The molecule has 39 heavy (non-hydrogen) atoms. The molecule has 0 aliphatic heterocycles. The van der Waals surface area contributed by atoms with Crippen molar-refractivity contribution < 1.29 is 24.1 Å². The number of Topliss-reactive ketones (excluding diaryl/α,β-unsaturated/α-hetero) is 1. The van der Waals surface area contributed by atoms with Crippen LogP contribution in [0.4, 0.5) is 5.69 Å². The average molecular weight is 541 g/mol. The van der Waals surface area contributed by atoms with Gasteiger partial charge in [-0.1, -0.05) is 71.5 Å². The number of thioether (sulfide) groups is 1. The summed E-state index contributed by atoms with van der Waals surface area (Å²) in [5, 5.41) is 15.2. The normalized spacial score (nSPS) is 13.2. The third-order valence-electron chi connectivity index (χ3n) is 6.04. The Labute approximate surface area is 229 Å². The van der Waals surface area contributed by atoms with E-state index in [1.165, 1.54) is 25.1 Å². The van der Waals surface area contributed by atoms with Crippen molar-refractivity contribution in [2.24, 2.45) is 5.16 Å². The standard InChI is InChI=1S/C30H24N2O6S/c1-19-26(9-6-10-27(19)32(36)37)28(31-38-20(2)33)30(35)23-13-17-25(18-14-23)39-24-15-11-22(12-16-24)29(34)21-7-4-3-5-8-21/h3-13,15-17H,14,18H2,1-2H3/b31-28+. The topological polar surface area (TPSA) is 116 Å². The van der Waals surface area contributed by atoms with Crippen LogP contribution in [0.5, 0.6) is 0 Å². The average Bonchev–Trinajstić information content (AvgIpc) is 2.94. The van der Waals surface area contributed by atoms with Gasteiger partial charge in [-0.25, -0.2) is 4.79 Å². The van der Waals surface area contributed by atoms with Crippen LogP contribution < -0.4 is 0 Å². The maximum atomic E-state index is 13.4. The van der Waals surface area contributed by atoms with Gasteiger partial charge in [0.25, 0.3) is 5.69 Å². The fourth-order valence-electron chi connectivity index (χ4n) is 4.03. The van der Waals surface area contributed by atoms with Crippen molar-refractivity contribution >= 4 is 40.7 Å². The third kappa shape index (κ3) is 6.63. The molecule has 8 nitrogen and oxygen atoms in total. The Balaban J connectivity index is 1.52. The van der Waals surface area contributed by atoms with Crippen LogP contribution in [-0.4, -0.2) is 28.2 Å². The summed E-state index contributed by atoms with van der Waals surface area (Å²) >= 11 is 1.54. The van der Waals surface area contributed by atoms with Gasteiger partial charge in [-0.3, -0.25) is 19.7 Å². The van der Waals surface area contributed by atoms with Crippen molar-refractivity contribution in [1.29, 1.82) is 0 Å². The fourth-order valence-corrected chi connectivity index (χ4v) is 4.94. The van der Waals surface area contributed by atoms with Crippen LogP contribution in [0.25, 0.3) is 0 Å². The second-order valence-corrected chi connectivity index (χ2v) is 9.91. The molecule has 0 amide bonds. The minimum Gasteiger partial charge on any atom is -0.318 e. The van der Waals surface area contributed by atoms with Crippen molar-refractivity contribution in [1.82, 2.24) is 0 Å². The Morgan fingerprint density at radius 1 is 0.897 bits per heavy atom. The van der Waals surface area contributed by atoms with Gasteiger partial charge in [0.15, 0.2) is 11.5 Å². The molecule has 0 atom stereocenters. The molecule has 3 aromatic carbocycles. The molecular weight excluding hydrogens is 516 g/mol.